The fourth-order valence-corrected chi connectivity index (χ4v) is 1.49. The Morgan fingerprint density at radius 1 is 1.19 bits per heavy atom. The van der Waals surface area contributed by atoms with E-state index in [9.17, 15) is 4.39 Å². The number of hydrogen-bond acceptors (Lipinski definition) is 3. The van der Waals surface area contributed by atoms with E-state index in [0.29, 0.717) is 21.6 Å². The molecule has 82 valence electrons. The summed E-state index contributed by atoms with van der Waals surface area (Å²) in [7, 11) is 0. The zero-order valence-electron chi connectivity index (χ0n) is 7.92. The predicted molar refractivity (Wildman–Crippen MR) is 61.7 cm³/mol. The van der Waals surface area contributed by atoms with Crippen LogP contribution in [0.5, 0.6) is 0 Å². The molecule has 0 aliphatic heterocycles. The lowest BCUT2D eigenvalue weighted by atomic mass is 10.3. The highest BCUT2D eigenvalue weighted by Gasteiger charge is 2.05. The molecule has 0 aliphatic rings. The van der Waals surface area contributed by atoms with Gasteiger partial charge >= 0.3 is 0 Å². The second kappa shape index (κ2) is 4.63. The molecule has 0 fully saturated rings. The predicted octanol–water partition coefficient (Wildman–Crippen LogP) is 3.67. The highest BCUT2D eigenvalue weighted by Crippen LogP contribution is 2.31. The van der Waals surface area contributed by atoms with Crippen molar-refractivity contribution in [3.8, 4) is 0 Å². The van der Waals surface area contributed by atoms with Crippen LogP contribution in [0.2, 0.25) is 10.0 Å². The van der Waals surface area contributed by atoms with E-state index in [1.54, 1.807) is 18.2 Å². The highest BCUT2D eigenvalue weighted by molar-refractivity contribution is 6.43. The van der Waals surface area contributed by atoms with E-state index in [0.717, 1.165) is 12.4 Å². The minimum atomic E-state index is -0.615. The molecular formula is C10H6Cl2FN3. The van der Waals surface area contributed by atoms with E-state index < -0.39 is 5.95 Å². The molecule has 0 aliphatic carbocycles. The number of benzene rings is 1. The molecule has 2 rings (SSSR count). The third-order valence-corrected chi connectivity index (χ3v) is 2.67. The lowest BCUT2D eigenvalue weighted by Crippen LogP contribution is -1.96. The topological polar surface area (TPSA) is 37.8 Å². The lowest BCUT2D eigenvalue weighted by Gasteiger charge is -2.07. The molecule has 2 aromatic rings. The van der Waals surface area contributed by atoms with Crippen LogP contribution in [0.3, 0.4) is 0 Å². The fraction of sp³-hybridized carbons (Fsp3) is 0. The number of nitrogens with one attached hydrogen (secondary N) is 1. The molecule has 0 unspecified atom stereocenters. The first-order chi connectivity index (χ1) is 7.66. The van der Waals surface area contributed by atoms with Crippen LogP contribution in [0.4, 0.5) is 15.9 Å². The average Bonchev–Trinajstić information content (AvgIpc) is 2.25. The molecule has 0 atom stereocenters. The summed E-state index contributed by atoms with van der Waals surface area (Å²) in [5.74, 6) is -0.299. The molecule has 0 spiro atoms. The summed E-state index contributed by atoms with van der Waals surface area (Å²) in [6, 6.07) is 6.27. The van der Waals surface area contributed by atoms with Gasteiger partial charge in [-0.25, -0.2) is 9.97 Å². The molecule has 16 heavy (non-hydrogen) atoms. The third-order valence-electron chi connectivity index (χ3n) is 1.85. The van der Waals surface area contributed by atoms with Gasteiger partial charge in [0, 0.05) is 6.07 Å². The van der Waals surface area contributed by atoms with Crippen molar-refractivity contribution in [2.24, 2.45) is 0 Å². The summed E-state index contributed by atoms with van der Waals surface area (Å²) in [6.07, 6.45) is 1.12. The Balaban J connectivity index is 2.31. The third kappa shape index (κ3) is 2.40. The van der Waals surface area contributed by atoms with Crippen LogP contribution >= 0.6 is 23.2 Å². The maximum absolute atomic E-state index is 12.8. The van der Waals surface area contributed by atoms with Crippen molar-refractivity contribution < 1.29 is 4.39 Å². The molecule has 0 radical (unpaired) electrons. The van der Waals surface area contributed by atoms with Crippen molar-refractivity contribution in [3.63, 3.8) is 0 Å². The molecule has 0 saturated carbocycles. The number of halogens is 3. The Kier molecular flexibility index (Phi) is 3.22. The first kappa shape index (κ1) is 11.1. The van der Waals surface area contributed by atoms with Crippen molar-refractivity contribution in [1.29, 1.82) is 0 Å². The molecule has 3 nitrogen and oxygen atoms in total. The summed E-state index contributed by atoms with van der Waals surface area (Å²) in [5, 5.41) is 3.63. The molecule has 1 aromatic heterocycles. The van der Waals surface area contributed by atoms with Crippen LogP contribution in [0.1, 0.15) is 0 Å². The van der Waals surface area contributed by atoms with Crippen LogP contribution in [0.25, 0.3) is 0 Å². The summed E-state index contributed by atoms with van der Waals surface area (Å²) in [6.45, 7) is 0. The normalized spacial score (nSPS) is 10.2. The van der Waals surface area contributed by atoms with Gasteiger partial charge in [0.05, 0.1) is 15.7 Å². The standard InChI is InChI=1S/C10H6Cl2FN3/c11-6-2-1-3-7(10(6)12)16-9-4-8(13)14-5-15-9/h1-5H,(H,14,15,16). The van der Waals surface area contributed by atoms with E-state index in [1.165, 1.54) is 0 Å². The van der Waals surface area contributed by atoms with E-state index >= 15 is 0 Å². The maximum Gasteiger partial charge on any atom is 0.218 e. The Hall–Kier alpha value is -1.39. The largest absolute Gasteiger partial charge is 0.339 e. The molecule has 0 amide bonds. The monoisotopic (exact) mass is 257 g/mol. The smallest absolute Gasteiger partial charge is 0.218 e. The zero-order chi connectivity index (χ0) is 11.5. The minimum absolute atomic E-state index is 0.316. The summed E-state index contributed by atoms with van der Waals surface area (Å²) in [5.41, 5.74) is 0.562. The van der Waals surface area contributed by atoms with E-state index in [-0.39, 0.29) is 0 Å². The Labute approximate surface area is 101 Å². The van der Waals surface area contributed by atoms with Gasteiger partial charge < -0.3 is 5.32 Å². The van der Waals surface area contributed by atoms with Gasteiger partial charge in [-0.3, -0.25) is 0 Å². The summed E-state index contributed by atoms with van der Waals surface area (Å²) in [4.78, 5) is 7.19. The van der Waals surface area contributed by atoms with Gasteiger partial charge in [0.15, 0.2) is 0 Å². The molecule has 6 heteroatoms. The molecule has 1 aromatic carbocycles. The van der Waals surface area contributed by atoms with E-state index in [4.69, 9.17) is 23.2 Å². The van der Waals surface area contributed by atoms with Gasteiger partial charge in [-0.15, -0.1) is 0 Å². The number of hydrogen-bond donors (Lipinski definition) is 1. The van der Waals surface area contributed by atoms with Crippen molar-refractivity contribution in [2.75, 3.05) is 5.32 Å². The van der Waals surface area contributed by atoms with Crippen molar-refractivity contribution in [2.45, 2.75) is 0 Å². The van der Waals surface area contributed by atoms with Crippen LogP contribution in [0, 0.1) is 5.95 Å². The van der Waals surface area contributed by atoms with Gasteiger partial charge in [0.2, 0.25) is 5.95 Å². The van der Waals surface area contributed by atoms with Gasteiger partial charge in [0.25, 0.3) is 0 Å². The Bertz CT molecular complexity index is 519. The summed E-state index contributed by atoms with van der Waals surface area (Å²) < 4.78 is 12.8. The zero-order valence-corrected chi connectivity index (χ0v) is 9.43. The van der Waals surface area contributed by atoms with E-state index in [2.05, 4.69) is 15.3 Å². The maximum atomic E-state index is 12.8. The minimum Gasteiger partial charge on any atom is -0.339 e. The van der Waals surface area contributed by atoms with Crippen LogP contribution < -0.4 is 5.32 Å². The Morgan fingerprint density at radius 2 is 2.00 bits per heavy atom. The molecule has 1 N–H and O–H groups in total. The molecule has 0 bridgehead atoms. The molecule has 1 heterocycles. The van der Waals surface area contributed by atoms with Gasteiger partial charge in [-0.2, -0.15) is 4.39 Å². The van der Waals surface area contributed by atoms with Crippen LogP contribution in [0.15, 0.2) is 30.6 Å². The Morgan fingerprint density at radius 3 is 2.75 bits per heavy atom. The fourth-order valence-electron chi connectivity index (χ4n) is 1.14. The number of anilines is 2. The van der Waals surface area contributed by atoms with Gasteiger partial charge in [-0.1, -0.05) is 29.3 Å². The average molecular weight is 258 g/mol. The molecular weight excluding hydrogens is 252 g/mol. The molecule has 0 saturated heterocycles. The van der Waals surface area contributed by atoms with Crippen LogP contribution in [-0.4, -0.2) is 9.97 Å². The van der Waals surface area contributed by atoms with Gasteiger partial charge in [-0.05, 0) is 12.1 Å². The highest BCUT2D eigenvalue weighted by atomic mass is 35.5. The van der Waals surface area contributed by atoms with Crippen molar-refractivity contribution in [1.82, 2.24) is 9.97 Å². The quantitative estimate of drug-likeness (QED) is 0.835. The number of rotatable bonds is 2. The SMILES string of the molecule is Fc1cc(Nc2cccc(Cl)c2Cl)ncn1. The van der Waals surface area contributed by atoms with Crippen LogP contribution in [-0.2, 0) is 0 Å². The van der Waals surface area contributed by atoms with Crippen molar-refractivity contribution in [3.05, 3.63) is 46.6 Å². The first-order valence-electron chi connectivity index (χ1n) is 4.35. The first-order valence-corrected chi connectivity index (χ1v) is 5.11. The second-order valence-corrected chi connectivity index (χ2v) is 3.74. The van der Waals surface area contributed by atoms with E-state index in [1.807, 2.05) is 0 Å². The number of nitrogens with zero attached hydrogens (tertiary/aromatic N) is 2. The van der Waals surface area contributed by atoms with Crippen molar-refractivity contribution >= 4 is 34.7 Å². The second-order valence-electron chi connectivity index (χ2n) is 2.95. The number of aromatic nitrogens is 2. The lowest BCUT2D eigenvalue weighted by molar-refractivity contribution is 0.580. The summed E-state index contributed by atoms with van der Waals surface area (Å²) >= 11 is 11.8. The van der Waals surface area contributed by atoms with Gasteiger partial charge in [0.1, 0.15) is 12.1 Å².